The zero-order chi connectivity index (χ0) is 22.8. The Morgan fingerprint density at radius 3 is 2.42 bits per heavy atom. The smallest absolute Gasteiger partial charge is 0.416 e. The van der Waals surface area contributed by atoms with Gasteiger partial charge in [-0.3, -0.25) is 25.7 Å². The first-order chi connectivity index (χ1) is 14.6. The van der Waals surface area contributed by atoms with Crippen LogP contribution in [-0.2, 0) is 6.18 Å². The second-order valence-electron chi connectivity index (χ2n) is 5.98. The third kappa shape index (κ3) is 4.98. The van der Waals surface area contributed by atoms with Crippen molar-refractivity contribution in [2.45, 2.75) is 6.18 Å². The number of benzene rings is 2. The summed E-state index contributed by atoms with van der Waals surface area (Å²) in [7, 11) is 0. The van der Waals surface area contributed by atoms with E-state index in [2.05, 4.69) is 10.5 Å². The van der Waals surface area contributed by atoms with Gasteiger partial charge in [0.15, 0.2) is 0 Å². The number of non-ortho nitro benzene ring substituents is 1. The highest BCUT2D eigenvalue weighted by molar-refractivity contribution is 6.33. The number of anilines is 1. The molecule has 0 fully saturated rings. The molecule has 13 heteroatoms. The summed E-state index contributed by atoms with van der Waals surface area (Å²) in [5.74, 6) is 0.166. The van der Waals surface area contributed by atoms with Crippen LogP contribution in [0, 0.1) is 20.2 Å². The van der Waals surface area contributed by atoms with Crippen molar-refractivity contribution >= 4 is 34.9 Å². The number of rotatable bonds is 6. The van der Waals surface area contributed by atoms with E-state index in [0.29, 0.717) is 0 Å². The zero-order valence-corrected chi connectivity index (χ0v) is 15.8. The average molecular weight is 455 g/mol. The number of nitro groups is 2. The molecule has 3 rings (SSSR count). The molecule has 160 valence electrons. The summed E-state index contributed by atoms with van der Waals surface area (Å²) in [4.78, 5) is 20.3. The number of hydrogen-bond acceptors (Lipinski definition) is 7. The monoisotopic (exact) mass is 454 g/mol. The van der Waals surface area contributed by atoms with Crippen LogP contribution in [0.1, 0.15) is 11.3 Å². The van der Waals surface area contributed by atoms with Crippen LogP contribution in [0.15, 0.2) is 58.0 Å². The lowest BCUT2D eigenvalue weighted by Crippen LogP contribution is -2.04. The maximum atomic E-state index is 12.9. The van der Waals surface area contributed by atoms with Gasteiger partial charge in [-0.2, -0.15) is 18.3 Å². The third-order valence-corrected chi connectivity index (χ3v) is 4.28. The van der Waals surface area contributed by atoms with Gasteiger partial charge in [-0.1, -0.05) is 11.6 Å². The molecular formula is C18H10ClF3N4O5. The Labute approximate surface area is 176 Å². The molecule has 0 saturated carbocycles. The van der Waals surface area contributed by atoms with Crippen LogP contribution in [0.25, 0.3) is 11.3 Å². The number of nitro benzene ring substituents is 2. The van der Waals surface area contributed by atoms with Crippen LogP contribution >= 0.6 is 11.6 Å². The molecule has 0 amide bonds. The topological polar surface area (TPSA) is 124 Å². The van der Waals surface area contributed by atoms with Crippen molar-refractivity contribution in [1.29, 1.82) is 0 Å². The quantitative estimate of drug-likeness (QED) is 0.281. The molecule has 0 saturated heterocycles. The minimum absolute atomic E-state index is 0.0232. The minimum atomic E-state index is -4.56. The maximum absolute atomic E-state index is 12.9. The van der Waals surface area contributed by atoms with E-state index in [1.165, 1.54) is 12.1 Å². The normalized spacial score (nSPS) is 11.6. The van der Waals surface area contributed by atoms with Gasteiger partial charge in [-0.25, -0.2) is 0 Å². The Kier molecular flexibility index (Phi) is 5.92. The van der Waals surface area contributed by atoms with Crippen molar-refractivity contribution in [3.63, 3.8) is 0 Å². The minimum Gasteiger partial charge on any atom is -0.455 e. The fraction of sp³-hybridized carbons (Fsp3) is 0.0556. The van der Waals surface area contributed by atoms with E-state index in [9.17, 15) is 33.4 Å². The first kappa shape index (κ1) is 21.8. The Morgan fingerprint density at radius 2 is 1.77 bits per heavy atom. The van der Waals surface area contributed by atoms with Gasteiger partial charge in [-0.15, -0.1) is 0 Å². The van der Waals surface area contributed by atoms with Crippen LogP contribution in [0.2, 0.25) is 5.02 Å². The van der Waals surface area contributed by atoms with Crippen LogP contribution in [0.5, 0.6) is 0 Å². The molecule has 0 aliphatic carbocycles. The molecule has 0 aliphatic heterocycles. The van der Waals surface area contributed by atoms with Gasteiger partial charge in [0.25, 0.3) is 5.69 Å². The summed E-state index contributed by atoms with van der Waals surface area (Å²) < 4.78 is 44.2. The average Bonchev–Trinajstić information content (AvgIpc) is 3.16. The largest absolute Gasteiger partial charge is 0.455 e. The molecule has 1 N–H and O–H groups in total. The Hall–Kier alpha value is -3.93. The van der Waals surface area contributed by atoms with Crippen LogP contribution in [0.3, 0.4) is 0 Å². The van der Waals surface area contributed by atoms with Crippen LogP contribution in [-0.4, -0.2) is 16.1 Å². The fourth-order valence-corrected chi connectivity index (χ4v) is 2.71. The first-order valence-electron chi connectivity index (χ1n) is 8.25. The standard InChI is InChI=1S/C18H10ClF3N4O5/c19-14-4-1-10(18(20,21)22)7-13(14)17-6-3-12(31-17)9-23-24-15-5-2-11(25(27)28)8-16(15)26(29)30/h1-9,24H/b23-9-. The summed E-state index contributed by atoms with van der Waals surface area (Å²) >= 11 is 5.97. The van der Waals surface area contributed by atoms with Crippen molar-refractivity contribution in [1.82, 2.24) is 0 Å². The van der Waals surface area contributed by atoms with Gasteiger partial charge >= 0.3 is 11.9 Å². The summed E-state index contributed by atoms with van der Waals surface area (Å²) in [5.41, 5.74) is 0.353. The summed E-state index contributed by atoms with van der Waals surface area (Å²) in [5, 5.41) is 25.7. The molecule has 1 heterocycles. The van der Waals surface area contributed by atoms with Crippen molar-refractivity contribution in [3.8, 4) is 11.3 Å². The number of halogens is 4. The van der Waals surface area contributed by atoms with Crippen LogP contribution in [0.4, 0.5) is 30.2 Å². The van der Waals surface area contributed by atoms with Gasteiger partial charge in [0.05, 0.1) is 32.7 Å². The second kappa shape index (κ2) is 8.44. The zero-order valence-electron chi connectivity index (χ0n) is 15.1. The highest BCUT2D eigenvalue weighted by atomic mass is 35.5. The highest BCUT2D eigenvalue weighted by Gasteiger charge is 2.31. The molecule has 3 aromatic rings. The summed E-state index contributed by atoms with van der Waals surface area (Å²) in [6, 6.07) is 8.54. The number of alkyl halides is 3. The Morgan fingerprint density at radius 1 is 1.03 bits per heavy atom. The third-order valence-electron chi connectivity index (χ3n) is 3.95. The van der Waals surface area contributed by atoms with Crippen molar-refractivity contribution in [2.75, 3.05) is 5.43 Å². The molecular weight excluding hydrogens is 445 g/mol. The summed E-state index contributed by atoms with van der Waals surface area (Å²) in [6.45, 7) is 0. The lowest BCUT2D eigenvalue weighted by Gasteiger charge is -2.09. The van der Waals surface area contributed by atoms with Crippen molar-refractivity contribution in [2.24, 2.45) is 5.10 Å². The van der Waals surface area contributed by atoms with Gasteiger partial charge in [0, 0.05) is 11.6 Å². The second-order valence-corrected chi connectivity index (χ2v) is 6.39. The van der Waals surface area contributed by atoms with E-state index in [1.54, 1.807) is 0 Å². The fourth-order valence-electron chi connectivity index (χ4n) is 2.50. The number of hydrogen-bond donors (Lipinski definition) is 1. The van der Waals surface area contributed by atoms with E-state index in [0.717, 1.165) is 42.6 Å². The maximum Gasteiger partial charge on any atom is 0.416 e. The number of nitrogens with one attached hydrogen (secondary N) is 1. The molecule has 31 heavy (non-hydrogen) atoms. The lowest BCUT2D eigenvalue weighted by atomic mass is 10.1. The van der Waals surface area contributed by atoms with Crippen molar-refractivity contribution in [3.05, 3.63) is 85.1 Å². The van der Waals surface area contributed by atoms with Crippen LogP contribution < -0.4 is 5.43 Å². The molecule has 0 aliphatic rings. The van der Waals surface area contributed by atoms with E-state index < -0.39 is 33.0 Å². The lowest BCUT2D eigenvalue weighted by molar-refractivity contribution is -0.393. The van der Waals surface area contributed by atoms with E-state index >= 15 is 0 Å². The SMILES string of the molecule is O=[N+]([O-])c1ccc(N/N=C\c2ccc(-c3cc(C(F)(F)F)ccc3Cl)o2)c([N+](=O)[O-])c1. The molecule has 2 aromatic carbocycles. The molecule has 9 nitrogen and oxygen atoms in total. The Balaban J connectivity index is 1.81. The van der Waals surface area contributed by atoms with E-state index in [4.69, 9.17) is 16.0 Å². The number of furan rings is 1. The predicted octanol–water partition coefficient (Wildman–Crippen LogP) is 5.88. The Bertz CT molecular complexity index is 1190. The number of nitrogens with zero attached hydrogens (tertiary/aromatic N) is 3. The van der Waals surface area contributed by atoms with Gasteiger partial charge < -0.3 is 4.42 Å². The number of hydrazone groups is 1. The van der Waals surface area contributed by atoms with Crippen molar-refractivity contribution < 1.29 is 27.4 Å². The highest BCUT2D eigenvalue weighted by Crippen LogP contribution is 2.36. The molecule has 0 spiro atoms. The molecule has 1 aromatic heterocycles. The predicted molar refractivity (Wildman–Crippen MR) is 105 cm³/mol. The molecule has 0 bridgehead atoms. The van der Waals surface area contributed by atoms with Gasteiger partial charge in [0.1, 0.15) is 17.2 Å². The molecule has 0 atom stereocenters. The molecule has 0 radical (unpaired) electrons. The molecule has 0 unspecified atom stereocenters. The summed E-state index contributed by atoms with van der Waals surface area (Å²) in [6.07, 6.45) is -3.43. The van der Waals surface area contributed by atoms with Gasteiger partial charge in [0.2, 0.25) is 0 Å². The van der Waals surface area contributed by atoms with E-state index in [-0.39, 0.29) is 27.8 Å². The van der Waals surface area contributed by atoms with E-state index in [1.807, 2.05) is 0 Å². The van der Waals surface area contributed by atoms with Gasteiger partial charge in [-0.05, 0) is 36.4 Å². The first-order valence-corrected chi connectivity index (χ1v) is 8.63.